The number of amides is 1. The summed E-state index contributed by atoms with van der Waals surface area (Å²) in [5.41, 5.74) is 0.934. The summed E-state index contributed by atoms with van der Waals surface area (Å²) in [5.74, 6) is -0.0688. The standard InChI is InChI=1S/C14H16N2O4S/c17-13(18)2-1-10-7-11(9-15-8-10)14(19)16-12-3-5-21(20)6-4-12/h1-2,7-9,12H,3-6H2,(H,16,19)(H,17,18)/b2-1+. The molecule has 0 aliphatic carbocycles. The Morgan fingerprint density at radius 3 is 2.71 bits per heavy atom. The van der Waals surface area contributed by atoms with Crippen molar-refractivity contribution in [1.82, 2.24) is 10.3 Å². The molecule has 0 unspecified atom stereocenters. The number of aliphatic carboxylic acids is 1. The van der Waals surface area contributed by atoms with E-state index in [2.05, 4.69) is 10.3 Å². The Hall–Kier alpha value is -2.02. The molecule has 1 aromatic heterocycles. The quantitative estimate of drug-likeness (QED) is 0.803. The van der Waals surface area contributed by atoms with Gasteiger partial charge in [-0.05, 0) is 30.5 Å². The number of pyridine rings is 1. The van der Waals surface area contributed by atoms with Gasteiger partial charge in [0, 0.05) is 46.8 Å². The van der Waals surface area contributed by atoms with Crippen molar-refractivity contribution in [3.8, 4) is 0 Å². The number of carboxylic acid groups (broad SMARTS) is 1. The fourth-order valence-electron chi connectivity index (χ4n) is 2.05. The molecule has 0 radical (unpaired) electrons. The summed E-state index contributed by atoms with van der Waals surface area (Å²) < 4.78 is 11.3. The monoisotopic (exact) mass is 308 g/mol. The average molecular weight is 308 g/mol. The zero-order valence-corrected chi connectivity index (χ0v) is 12.1. The van der Waals surface area contributed by atoms with E-state index in [0.29, 0.717) is 35.5 Å². The second-order valence-electron chi connectivity index (χ2n) is 4.77. The van der Waals surface area contributed by atoms with E-state index in [-0.39, 0.29) is 11.9 Å². The van der Waals surface area contributed by atoms with Crippen LogP contribution in [0.5, 0.6) is 0 Å². The molecule has 7 heteroatoms. The van der Waals surface area contributed by atoms with Gasteiger partial charge in [0.1, 0.15) is 0 Å². The van der Waals surface area contributed by atoms with Crippen molar-refractivity contribution in [2.24, 2.45) is 0 Å². The van der Waals surface area contributed by atoms with Crippen molar-refractivity contribution < 1.29 is 18.9 Å². The summed E-state index contributed by atoms with van der Waals surface area (Å²) in [7, 11) is -0.759. The molecule has 1 aliphatic heterocycles. The third-order valence-electron chi connectivity index (χ3n) is 3.16. The molecule has 0 atom stereocenters. The Morgan fingerprint density at radius 2 is 2.05 bits per heavy atom. The second kappa shape index (κ2) is 7.12. The summed E-state index contributed by atoms with van der Waals surface area (Å²) in [6, 6.07) is 1.62. The van der Waals surface area contributed by atoms with Gasteiger partial charge in [0.05, 0.1) is 5.56 Å². The summed E-state index contributed by atoms with van der Waals surface area (Å²) in [6.45, 7) is 0. The Kier molecular flexibility index (Phi) is 5.21. The van der Waals surface area contributed by atoms with Gasteiger partial charge in [-0.25, -0.2) is 4.79 Å². The summed E-state index contributed by atoms with van der Waals surface area (Å²) in [6.07, 6.45) is 6.73. The summed E-state index contributed by atoms with van der Waals surface area (Å²) >= 11 is 0. The molecule has 21 heavy (non-hydrogen) atoms. The zero-order chi connectivity index (χ0) is 15.2. The van der Waals surface area contributed by atoms with Crippen LogP contribution in [0, 0.1) is 0 Å². The van der Waals surface area contributed by atoms with E-state index in [1.54, 1.807) is 6.07 Å². The van der Waals surface area contributed by atoms with E-state index < -0.39 is 16.8 Å². The lowest BCUT2D eigenvalue weighted by molar-refractivity contribution is -0.131. The lowest BCUT2D eigenvalue weighted by atomic mass is 10.1. The molecule has 0 bridgehead atoms. The van der Waals surface area contributed by atoms with E-state index in [0.717, 1.165) is 6.08 Å². The number of rotatable bonds is 4. The van der Waals surface area contributed by atoms with Crippen molar-refractivity contribution in [3.63, 3.8) is 0 Å². The van der Waals surface area contributed by atoms with Crippen molar-refractivity contribution >= 4 is 28.8 Å². The first-order valence-corrected chi connectivity index (χ1v) is 8.05. The molecule has 2 N–H and O–H groups in total. The second-order valence-corrected chi connectivity index (χ2v) is 6.47. The van der Waals surface area contributed by atoms with Crippen LogP contribution in [-0.4, -0.2) is 43.7 Å². The van der Waals surface area contributed by atoms with E-state index >= 15 is 0 Å². The fraction of sp³-hybridized carbons (Fsp3) is 0.357. The van der Waals surface area contributed by atoms with Crippen LogP contribution in [0.4, 0.5) is 0 Å². The zero-order valence-electron chi connectivity index (χ0n) is 11.3. The number of hydrogen-bond donors (Lipinski definition) is 2. The Bertz CT molecular complexity index is 590. The number of carbonyl (C=O) groups excluding carboxylic acids is 1. The van der Waals surface area contributed by atoms with Crippen molar-refractivity contribution in [2.75, 3.05) is 11.5 Å². The molecule has 1 amide bonds. The van der Waals surface area contributed by atoms with Gasteiger partial charge in [0.15, 0.2) is 0 Å². The Labute approximate surface area is 124 Å². The summed E-state index contributed by atoms with van der Waals surface area (Å²) in [5, 5.41) is 11.5. The van der Waals surface area contributed by atoms with Gasteiger partial charge < -0.3 is 10.4 Å². The highest BCUT2D eigenvalue weighted by Gasteiger charge is 2.20. The van der Waals surface area contributed by atoms with Crippen LogP contribution >= 0.6 is 0 Å². The van der Waals surface area contributed by atoms with Crippen LogP contribution in [0.3, 0.4) is 0 Å². The number of aromatic nitrogens is 1. The SMILES string of the molecule is O=C(O)/C=C/c1cncc(C(=O)NC2CCS(=O)CC2)c1. The van der Waals surface area contributed by atoms with Crippen molar-refractivity contribution in [1.29, 1.82) is 0 Å². The average Bonchev–Trinajstić information content (AvgIpc) is 2.48. The minimum Gasteiger partial charge on any atom is -0.478 e. The molecule has 1 aromatic rings. The van der Waals surface area contributed by atoms with Crippen molar-refractivity contribution in [2.45, 2.75) is 18.9 Å². The Morgan fingerprint density at radius 1 is 1.33 bits per heavy atom. The van der Waals surface area contributed by atoms with Crippen LogP contribution in [0.25, 0.3) is 6.08 Å². The first-order valence-electron chi connectivity index (χ1n) is 6.56. The number of hydrogen-bond acceptors (Lipinski definition) is 4. The Balaban J connectivity index is 2.00. The third-order valence-corrected chi connectivity index (χ3v) is 4.55. The first kappa shape index (κ1) is 15.4. The lowest BCUT2D eigenvalue weighted by Crippen LogP contribution is -2.39. The highest BCUT2D eigenvalue weighted by atomic mass is 32.2. The van der Waals surface area contributed by atoms with E-state index in [9.17, 15) is 13.8 Å². The number of carbonyl (C=O) groups is 2. The maximum absolute atomic E-state index is 12.1. The smallest absolute Gasteiger partial charge is 0.328 e. The number of carboxylic acids is 1. The molecule has 6 nitrogen and oxygen atoms in total. The van der Waals surface area contributed by atoms with Crippen molar-refractivity contribution in [3.05, 3.63) is 35.7 Å². The van der Waals surface area contributed by atoms with Crippen LogP contribution in [0.2, 0.25) is 0 Å². The maximum Gasteiger partial charge on any atom is 0.328 e. The molecule has 1 fully saturated rings. The lowest BCUT2D eigenvalue weighted by Gasteiger charge is -2.22. The molecule has 0 aromatic carbocycles. The van der Waals surface area contributed by atoms with Gasteiger partial charge >= 0.3 is 5.97 Å². The fourth-order valence-corrected chi connectivity index (χ4v) is 3.35. The third kappa shape index (κ3) is 4.78. The molecule has 2 heterocycles. The van der Waals surface area contributed by atoms with E-state index in [1.165, 1.54) is 18.5 Å². The molecule has 1 saturated heterocycles. The topological polar surface area (TPSA) is 96.4 Å². The van der Waals surface area contributed by atoms with Crippen LogP contribution in [-0.2, 0) is 15.6 Å². The first-order chi connectivity index (χ1) is 10.0. The molecular weight excluding hydrogens is 292 g/mol. The van der Waals surface area contributed by atoms with Gasteiger partial charge in [-0.2, -0.15) is 0 Å². The highest BCUT2D eigenvalue weighted by molar-refractivity contribution is 7.85. The molecule has 0 spiro atoms. The predicted octanol–water partition coefficient (Wildman–Crippen LogP) is 0.820. The minimum atomic E-state index is -1.06. The normalized spacial score (nSPS) is 22.1. The molecule has 0 saturated carbocycles. The van der Waals surface area contributed by atoms with Gasteiger partial charge in [-0.15, -0.1) is 0 Å². The van der Waals surface area contributed by atoms with Gasteiger partial charge in [-0.3, -0.25) is 14.0 Å². The number of nitrogens with one attached hydrogen (secondary N) is 1. The minimum absolute atomic E-state index is 0.0356. The van der Waals surface area contributed by atoms with E-state index in [1.807, 2.05) is 0 Å². The van der Waals surface area contributed by atoms with Gasteiger partial charge in [0.2, 0.25) is 0 Å². The summed E-state index contributed by atoms with van der Waals surface area (Å²) in [4.78, 5) is 26.5. The van der Waals surface area contributed by atoms with Crippen LogP contribution < -0.4 is 5.32 Å². The molecular formula is C14H16N2O4S. The van der Waals surface area contributed by atoms with E-state index in [4.69, 9.17) is 5.11 Å². The predicted molar refractivity (Wildman–Crippen MR) is 79.3 cm³/mol. The maximum atomic E-state index is 12.1. The molecule has 1 aliphatic rings. The number of nitrogens with zero attached hydrogens (tertiary/aromatic N) is 1. The van der Waals surface area contributed by atoms with Gasteiger partial charge in [-0.1, -0.05) is 0 Å². The van der Waals surface area contributed by atoms with Crippen LogP contribution in [0.1, 0.15) is 28.8 Å². The van der Waals surface area contributed by atoms with Crippen LogP contribution in [0.15, 0.2) is 24.5 Å². The highest BCUT2D eigenvalue weighted by Crippen LogP contribution is 2.11. The largest absolute Gasteiger partial charge is 0.478 e. The molecule has 112 valence electrons. The molecule has 2 rings (SSSR count). The van der Waals surface area contributed by atoms with Gasteiger partial charge in [0.25, 0.3) is 5.91 Å².